The topological polar surface area (TPSA) is 36.7 Å². The summed E-state index contributed by atoms with van der Waals surface area (Å²) >= 11 is 0. The molecule has 2 aromatic rings. The molecule has 0 saturated carbocycles. The maximum Gasteiger partial charge on any atom is 0.231 e. The zero-order chi connectivity index (χ0) is 15.9. The molecule has 1 atom stereocenters. The summed E-state index contributed by atoms with van der Waals surface area (Å²) in [4.78, 5) is 16.9. The predicted octanol–water partition coefficient (Wildman–Crippen LogP) is 3.08. The number of carbonyl (C=O) groups is 1. The van der Waals surface area contributed by atoms with E-state index in [1.807, 2.05) is 30.1 Å². The van der Waals surface area contributed by atoms with Crippen molar-refractivity contribution in [1.29, 1.82) is 0 Å². The number of nitrogens with zero attached hydrogens (tertiary/aromatic N) is 2. The smallest absolute Gasteiger partial charge is 0.231 e. The Kier molecular flexibility index (Phi) is 3.49. The number of β-lactam (4-membered cyclic amide) rings is 1. The van der Waals surface area contributed by atoms with Crippen LogP contribution in [0.25, 0.3) is 0 Å². The van der Waals surface area contributed by atoms with Crippen molar-refractivity contribution in [2.24, 2.45) is 5.41 Å². The number of benzene rings is 1. The third-order valence-corrected chi connectivity index (χ3v) is 5.48. The van der Waals surface area contributed by atoms with E-state index in [-0.39, 0.29) is 11.5 Å². The van der Waals surface area contributed by atoms with E-state index in [2.05, 4.69) is 29.2 Å². The molecule has 23 heavy (non-hydrogen) atoms. The molecule has 0 bridgehead atoms. The molecule has 4 nitrogen and oxygen atoms in total. The first-order valence-electron chi connectivity index (χ1n) is 8.28. The number of hydrogen-bond donors (Lipinski definition) is 0. The highest BCUT2D eigenvalue weighted by Crippen LogP contribution is 2.55. The van der Waals surface area contributed by atoms with Gasteiger partial charge in [-0.1, -0.05) is 30.3 Å². The van der Waals surface area contributed by atoms with Gasteiger partial charge in [0, 0.05) is 7.05 Å². The van der Waals surface area contributed by atoms with Crippen molar-refractivity contribution >= 4 is 5.91 Å². The zero-order valence-corrected chi connectivity index (χ0v) is 13.4. The van der Waals surface area contributed by atoms with Crippen LogP contribution in [0.4, 0.5) is 0 Å². The second-order valence-corrected chi connectivity index (χ2v) is 6.74. The number of piperidine rings is 1. The number of amides is 1. The second-order valence-electron chi connectivity index (χ2n) is 6.74. The van der Waals surface area contributed by atoms with Crippen LogP contribution in [-0.4, -0.2) is 35.8 Å². The number of hydrogen-bond acceptors (Lipinski definition) is 3. The van der Waals surface area contributed by atoms with Crippen LogP contribution in [0.2, 0.25) is 0 Å². The Bertz CT molecular complexity index is 673. The molecule has 2 aliphatic rings. The van der Waals surface area contributed by atoms with Gasteiger partial charge in [0.1, 0.15) is 5.76 Å². The van der Waals surface area contributed by atoms with Crippen molar-refractivity contribution in [2.45, 2.75) is 25.4 Å². The highest BCUT2D eigenvalue weighted by molar-refractivity contribution is 5.90. The summed E-state index contributed by atoms with van der Waals surface area (Å²) in [5.41, 5.74) is 1.06. The molecule has 0 radical (unpaired) electrons. The van der Waals surface area contributed by atoms with Gasteiger partial charge < -0.3 is 9.32 Å². The Balaban J connectivity index is 1.49. The first kappa shape index (κ1) is 14.5. The van der Waals surface area contributed by atoms with Crippen molar-refractivity contribution in [3.8, 4) is 0 Å². The van der Waals surface area contributed by atoms with Crippen molar-refractivity contribution in [2.75, 3.05) is 20.1 Å². The van der Waals surface area contributed by atoms with E-state index in [0.29, 0.717) is 5.91 Å². The molecular weight excluding hydrogens is 288 g/mol. The van der Waals surface area contributed by atoms with Gasteiger partial charge in [-0.05, 0) is 43.6 Å². The van der Waals surface area contributed by atoms with Crippen LogP contribution in [-0.2, 0) is 11.3 Å². The van der Waals surface area contributed by atoms with Crippen molar-refractivity contribution < 1.29 is 9.21 Å². The van der Waals surface area contributed by atoms with Gasteiger partial charge >= 0.3 is 0 Å². The molecule has 1 unspecified atom stereocenters. The largest absolute Gasteiger partial charge is 0.468 e. The molecule has 120 valence electrons. The number of carbonyl (C=O) groups excluding carboxylic acids is 1. The molecule has 2 fully saturated rings. The Morgan fingerprint density at radius 1 is 1.13 bits per heavy atom. The quantitative estimate of drug-likeness (QED) is 0.818. The second kappa shape index (κ2) is 5.53. The van der Waals surface area contributed by atoms with Crippen LogP contribution >= 0.6 is 0 Å². The summed E-state index contributed by atoms with van der Waals surface area (Å²) in [6.07, 6.45) is 3.57. The standard InChI is InChI=1S/C19H22N2O2/c1-20-17(15-6-3-2-4-7-15)19(18(20)22)9-11-21(12-10-19)14-16-8-5-13-23-16/h2-8,13,17H,9-12,14H2,1H3. The molecule has 1 aromatic carbocycles. The van der Waals surface area contributed by atoms with Crippen molar-refractivity contribution in [3.05, 3.63) is 60.1 Å². The zero-order valence-electron chi connectivity index (χ0n) is 13.4. The molecule has 4 heteroatoms. The monoisotopic (exact) mass is 310 g/mol. The van der Waals surface area contributed by atoms with Gasteiger partial charge in [-0.3, -0.25) is 9.69 Å². The first-order chi connectivity index (χ1) is 11.2. The Morgan fingerprint density at radius 3 is 2.52 bits per heavy atom. The third kappa shape index (κ3) is 2.29. The Morgan fingerprint density at radius 2 is 1.87 bits per heavy atom. The van der Waals surface area contributed by atoms with E-state index in [0.717, 1.165) is 38.2 Å². The van der Waals surface area contributed by atoms with Crippen molar-refractivity contribution in [3.63, 3.8) is 0 Å². The number of rotatable bonds is 3. The SMILES string of the molecule is CN1C(=O)C2(CCN(Cc3ccco3)CC2)C1c1ccccc1. The molecule has 1 spiro atoms. The van der Waals surface area contributed by atoms with Crippen LogP contribution < -0.4 is 0 Å². The summed E-state index contributed by atoms with van der Waals surface area (Å²) in [7, 11) is 1.93. The Labute approximate surface area is 136 Å². The van der Waals surface area contributed by atoms with E-state index >= 15 is 0 Å². The lowest BCUT2D eigenvalue weighted by atomic mass is 9.62. The van der Waals surface area contributed by atoms with E-state index in [1.165, 1.54) is 5.56 Å². The van der Waals surface area contributed by atoms with Gasteiger partial charge in [0.2, 0.25) is 5.91 Å². The lowest BCUT2D eigenvalue weighted by Gasteiger charge is -2.58. The van der Waals surface area contributed by atoms with Crippen LogP contribution in [0.1, 0.15) is 30.2 Å². The van der Waals surface area contributed by atoms with Crippen LogP contribution in [0.15, 0.2) is 53.1 Å². The van der Waals surface area contributed by atoms with E-state index < -0.39 is 0 Å². The average molecular weight is 310 g/mol. The summed E-state index contributed by atoms with van der Waals surface area (Å²) in [6, 6.07) is 14.6. The molecule has 2 saturated heterocycles. The van der Waals surface area contributed by atoms with E-state index in [4.69, 9.17) is 4.42 Å². The molecule has 1 aromatic heterocycles. The fraction of sp³-hybridized carbons (Fsp3) is 0.421. The third-order valence-electron chi connectivity index (χ3n) is 5.48. The molecule has 2 aliphatic heterocycles. The normalized spacial score (nSPS) is 24.0. The van der Waals surface area contributed by atoms with Crippen LogP contribution in [0.3, 0.4) is 0 Å². The first-order valence-corrected chi connectivity index (χ1v) is 8.28. The van der Waals surface area contributed by atoms with Crippen molar-refractivity contribution in [1.82, 2.24) is 9.80 Å². The Hall–Kier alpha value is -2.07. The van der Waals surface area contributed by atoms with Gasteiger partial charge in [-0.25, -0.2) is 0 Å². The van der Waals surface area contributed by atoms with E-state index in [1.54, 1.807) is 6.26 Å². The van der Waals surface area contributed by atoms with Gasteiger partial charge in [0.05, 0.1) is 24.3 Å². The molecule has 3 heterocycles. The maximum absolute atomic E-state index is 12.6. The predicted molar refractivity (Wildman–Crippen MR) is 87.6 cm³/mol. The summed E-state index contributed by atoms with van der Waals surface area (Å²) < 4.78 is 5.44. The summed E-state index contributed by atoms with van der Waals surface area (Å²) in [5.74, 6) is 1.31. The molecule has 0 aliphatic carbocycles. The minimum atomic E-state index is -0.199. The molecule has 0 N–H and O–H groups in total. The lowest BCUT2D eigenvalue weighted by Crippen LogP contribution is -2.64. The lowest BCUT2D eigenvalue weighted by molar-refractivity contribution is -0.177. The van der Waals surface area contributed by atoms with Crippen LogP contribution in [0.5, 0.6) is 0 Å². The average Bonchev–Trinajstić information content (AvgIpc) is 3.10. The van der Waals surface area contributed by atoms with Gasteiger partial charge in [-0.15, -0.1) is 0 Å². The maximum atomic E-state index is 12.6. The molecular formula is C19H22N2O2. The number of furan rings is 1. The van der Waals surface area contributed by atoms with Gasteiger partial charge in [-0.2, -0.15) is 0 Å². The van der Waals surface area contributed by atoms with Gasteiger partial charge in [0.25, 0.3) is 0 Å². The molecule has 1 amide bonds. The minimum Gasteiger partial charge on any atom is -0.468 e. The highest BCUT2D eigenvalue weighted by Gasteiger charge is 2.59. The summed E-state index contributed by atoms with van der Waals surface area (Å²) in [6.45, 7) is 2.73. The summed E-state index contributed by atoms with van der Waals surface area (Å²) in [5, 5.41) is 0. The fourth-order valence-corrected chi connectivity index (χ4v) is 4.29. The van der Waals surface area contributed by atoms with E-state index in [9.17, 15) is 4.79 Å². The fourth-order valence-electron chi connectivity index (χ4n) is 4.29. The molecule has 4 rings (SSSR count). The van der Waals surface area contributed by atoms with Gasteiger partial charge in [0.15, 0.2) is 0 Å². The highest BCUT2D eigenvalue weighted by atomic mass is 16.3. The van der Waals surface area contributed by atoms with Crippen LogP contribution in [0, 0.1) is 5.41 Å². The minimum absolute atomic E-state index is 0.199. The number of likely N-dealkylation sites (tertiary alicyclic amines) is 2.